The topological polar surface area (TPSA) is 40.1 Å². The van der Waals surface area contributed by atoms with Gasteiger partial charge in [-0.05, 0) is 32.6 Å². The monoisotopic (exact) mass is 508 g/mol. The van der Waals surface area contributed by atoms with Gasteiger partial charge in [-0.15, -0.1) is 24.0 Å². The predicted octanol–water partition coefficient (Wildman–Crippen LogP) is 3.04. The summed E-state index contributed by atoms with van der Waals surface area (Å²) in [6.45, 7) is 10.7. The molecule has 3 saturated heterocycles. The maximum absolute atomic E-state index is 5.71. The lowest BCUT2D eigenvalue weighted by molar-refractivity contribution is 0.112. The van der Waals surface area contributed by atoms with Gasteiger partial charge in [-0.1, -0.05) is 12.8 Å². The molecule has 3 aliphatic heterocycles. The summed E-state index contributed by atoms with van der Waals surface area (Å²) >= 11 is 2.11. The van der Waals surface area contributed by atoms with Crippen LogP contribution < -0.4 is 5.32 Å². The molecule has 4 rings (SSSR count). The smallest absolute Gasteiger partial charge is 0.194 e. The van der Waals surface area contributed by atoms with E-state index in [9.17, 15) is 0 Å². The highest BCUT2D eigenvalue weighted by Gasteiger charge is 2.43. The van der Waals surface area contributed by atoms with Gasteiger partial charge in [0, 0.05) is 61.8 Å². The number of rotatable bonds is 4. The molecule has 4 fully saturated rings. The molecule has 0 aromatic rings. The first-order valence-corrected chi connectivity index (χ1v) is 11.8. The molecule has 0 aromatic carbocycles. The minimum Gasteiger partial charge on any atom is -0.381 e. The zero-order valence-corrected chi connectivity index (χ0v) is 20.0. The molecule has 3 heterocycles. The van der Waals surface area contributed by atoms with E-state index in [1.54, 1.807) is 0 Å². The highest BCUT2D eigenvalue weighted by Crippen LogP contribution is 2.39. The summed E-state index contributed by atoms with van der Waals surface area (Å²) in [6.07, 6.45) is 7.89. The fourth-order valence-electron chi connectivity index (χ4n) is 5.38. The van der Waals surface area contributed by atoms with Crippen LogP contribution in [-0.2, 0) is 4.74 Å². The number of ether oxygens (including phenoxy) is 1. The number of nitrogens with one attached hydrogen (secondary N) is 1. The number of nitrogens with zero attached hydrogens (tertiary/aromatic N) is 3. The maximum Gasteiger partial charge on any atom is 0.194 e. The number of guanidine groups is 1. The third-order valence-corrected chi connectivity index (χ3v) is 7.94. The van der Waals surface area contributed by atoms with Crippen molar-refractivity contribution in [3.8, 4) is 0 Å². The van der Waals surface area contributed by atoms with E-state index in [4.69, 9.17) is 9.73 Å². The Morgan fingerprint density at radius 3 is 2.56 bits per heavy atom. The van der Waals surface area contributed by atoms with Crippen LogP contribution in [0.3, 0.4) is 0 Å². The molecule has 1 aliphatic carbocycles. The zero-order valence-electron chi connectivity index (χ0n) is 16.9. The Balaban J connectivity index is 0.00000210. The number of hydrogen-bond acceptors (Lipinski definition) is 4. The van der Waals surface area contributed by atoms with Crippen LogP contribution >= 0.6 is 35.7 Å². The van der Waals surface area contributed by atoms with Crippen molar-refractivity contribution in [3.05, 3.63) is 0 Å². The summed E-state index contributed by atoms with van der Waals surface area (Å²) in [4.78, 5) is 10.5. The number of aliphatic imine (C=N–C) groups is 1. The average Bonchev–Trinajstić information content (AvgIpc) is 3.43. The summed E-state index contributed by atoms with van der Waals surface area (Å²) < 4.78 is 5.71. The minimum atomic E-state index is 0. The third-order valence-electron chi connectivity index (χ3n) is 7.00. The highest BCUT2D eigenvalue weighted by atomic mass is 127. The van der Waals surface area contributed by atoms with Crippen LogP contribution in [0.15, 0.2) is 4.99 Å². The SMILES string of the molecule is CCNC(=NCC1(N2CCSCC2)CCCC1)N1CCC2(CCOC2)C1.I. The van der Waals surface area contributed by atoms with E-state index in [0.717, 1.165) is 45.4 Å². The normalized spacial score (nSPS) is 31.4. The zero-order chi connectivity index (χ0) is 17.9. The van der Waals surface area contributed by atoms with Crippen LogP contribution in [0.1, 0.15) is 45.4 Å². The second-order valence-electron chi connectivity index (χ2n) is 8.68. The molecule has 0 bridgehead atoms. The first kappa shape index (κ1) is 22.0. The summed E-state index contributed by atoms with van der Waals surface area (Å²) in [5, 5.41) is 3.59. The van der Waals surface area contributed by atoms with E-state index < -0.39 is 0 Å². The first-order chi connectivity index (χ1) is 12.8. The van der Waals surface area contributed by atoms with Crippen molar-refractivity contribution in [1.29, 1.82) is 0 Å². The van der Waals surface area contributed by atoms with E-state index in [1.807, 2.05) is 0 Å². The van der Waals surface area contributed by atoms with Gasteiger partial charge in [0.15, 0.2) is 5.96 Å². The van der Waals surface area contributed by atoms with Crippen LogP contribution in [-0.4, -0.2) is 85.3 Å². The molecule has 7 heteroatoms. The largest absolute Gasteiger partial charge is 0.381 e. The molecule has 0 amide bonds. The standard InChI is InChI=1S/C20H36N4OS.HI/c1-2-21-18(23-9-7-19(16-23)8-12-25-17-19)22-15-20(5-3-4-6-20)24-10-13-26-14-11-24;/h2-17H2,1H3,(H,21,22);1H. The summed E-state index contributed by atoms with van der Waals surface area (Å²) in [7, 11) is 0. The number of likely N-dealkylation sites (tertiary alicyclic amines) is 1. The summed E-state index contributed by atoms with van der Waals surface area (Å²) in [5.74, 6) is 3.73. The molecular formula is C20H37IN4OS. The summed E-state index contributed by atoms with van der Waals surface area (Å²) in [5.41, 5.74) is 0.723. The van der Waals surface area contributed by atoms with Gasteiger partial charge >= 0.3 is 0 Å². The fourth-order valence-corrected chi connectivity index (χ4v) is 6.28. The second-order valence-corrected chi connectivity index (χ2v) is 9.90. The fraction of sp³-hybridized carbons (Fsp3) is 0.950. The number of hydrogen-bond donors (Lipinski definition) is 1. The maximum atomic E-state index is 5.71. The lowest BCUT2D eigenvalue weighted by Crippen LogP contribution is -2.53. The van der Waals surface area contributed by atoms with Crippen LogP contribution in [0.4, 0.5) is 0 Å². The van der Waals surface area contributed by atoms with E-state index in [0.29, 0.717) is 11.0 Å². The van der Waals surface area contributed by atoms with Crippen molar-refractivity contribution in [2.24, 2.45) is 10.4 Å². The molecule has 1 saturated carbocycles. The van der Waals surface area contributed by atoms with Crippen LogP contribution in [0.5, 0.6) is 0 Å². The Morgan fingerprint density at radius 2 is 1.89 bits per heavy atom. The Morgan fingerprint density at radius 1 is 1.11 bits per heavy atom. The number of halogens is 1. The van der Waals surface area contributed by atoms with Crippen molar-refractivity contribution in [3.63, 3.8) is 0 Å². The predicted molar refractivity (Wildman–Crippen MR) is 126 cm³/mol. The van der Waals surface area contributed by atoms with Gasteiger partial charge in [-0.2, -0.15) is 11.8 Å². The minimum absolute atomic E-state index is 0. The number of thioether (sulfide) groups is 1. The molecule has 1 atom stereocenters. The molecular weight excluding hydrogens is 471 g/mol. The van der Waals surface area contributed by atoms with Crippen molar-refractivity contribution < 1.29 is 4.74 Å². The van der Waals surface area contributed by atoms with Crippen LogP contribution in [0.25, 0.3) is 0 Å². The van der Waals surface area contributed by atoms with Gasteiger partial charge in [0.1, 0.15) is 0 Å². The third kappa shape index (κ3) is 4.89. The molecule has 1 unspecified atom stereocenters. The van der Waals surface area contributed by atoms with Gasteiger partial charge in [0.05, 0.1) is 13.2 Å². The Kier molecular flexibility index (Phi) is 8.01. The van der Waals surface area contributed by atoms with Gasteiger partial charge < -0.3 is 15.0 Å². The van der Waals surface area contributed by atoms with Gasteiger partial charge in [0.25, 0.3) is 0 Å². The van der Waals surface area contributed by atoms with Crippen molar-refractivity contribution in [2.75, 3.05) is 64.0 Å². The Hall–Kier alpha value is 0.270. The van der Waals surface area contributed by atoms with E-state index >= 15 is 0 Å². The Labute approximate surface area is 186 Å². The van der Waals surface area contributed by atoms with Crippen LogP contribution in [0, 0.1) is 5.41 Å². The van der Waals surface area contributed by atoms with E-state index in [1.165, 1.54) is 63.1 Å². The van der Waals surface area contributed by atoms with Gasteiger partial charge in [0.2, 0.25) is 0 Å². The molecule has 5 nitrogen and oxygen atoms in total. The highest BCUT2D eigenvalue weighted by molar-refractivity contribution is 14.0. The van der Waals surface area contributed by atoms with E-state index in [-0.39, 0.29) is 24.0 Å². The lowest BCUT2D eigenvalue weighted by Gasteiger charge is -2.42. The molecule has 1 N–H and O–H groups in total. The molecule has 1 spiro atoms. The lowest BCUT2D eigenvalue weighted by atomic mass is 9.87. The summed E-state index contributed by atoms with van der Waals surface area (Å²) in [6, 6.07) is 0. The molecule has 27 heavy (non-hydrogen) atoms. The van der Waals surface area contributed by atoms with Crippen LogP contribution in [0.2, 0.25) is 0 Å². The van der Waals surface area contributed by atoms with Crippen molar-refractivity contribution in [1.82, 2.24) is 15.1 Å². The van der Waals surface area contributed by atoms with Gasteiger partial charge in [-0.3, -0.25) is 9.89 Å². The second kappa shape index (κ2) is 9.85. The quantitative estimate of drug-likeness (QED) is 0.359. The first-order valence-electron chi connectivity index (χ1n) is 10.7. The van der Waals surface area contributed by atoms with E-state index in [2.05, 4.69) is 33.8 Å². The molecule has 0 aromatic heterocycles. The molecule has 156 valence electrons. The van der Waals surface area contributed by atoms with Crippen molar-refractivity contribution in [2.45, 2.75) is 51.0 Å². The van der Waals surface area contributed by atoms with Gasteiger partial charge in [-0.25, -0.2) is 0 Å². The molecule has 4 aliphatic rings. The Bertz CT molecular complexity index is 500. The molecule has 0 radical (unpaired) electrons. The van der Waals surface area contributed by atoms with Crippen molar-refractivity contribution >= 4 is 41.7 Å². The average molecular weight is 509 g/mol.